The van der Waals surface area contributed by atoms with Crippen LogP contribution in [0.15, 0.2) is 36.5 Å². The number of rotatable bonds is 18. The zero-order valence-electron chi connectivity index (χ0n) is 17.3. The molecule has 7 heteroatoms. The second-order valence-electron chi connectivity index (χ2n) is 6.83. The molecule has 0 aliphatic heterocycles. The van der Waals surface area contributed by atoms with Gasteiger partial charge in [0, 0.05) is 0 Å². The number of carboxylic acid groups (broad SMARTS) is 3. The van der Waals surface area contributed by atoms with Crippen molar-refractivity contribution < 1.29 is 29.7 Å². The van der Waals surface area contributed by atoms with E-state index in [2.05, 4.69) is 48.7 Å². The lowest BCUT2D eigenvalue weighted by Crippen LogP contribution is -2.48. The van der Waals surface area contributed by atoms with Gasteiger partial charge in [0.25, 0.3) is 0 Å². The van der Waals surface area contributed by atoms with E-state index in [1.165, 1.54) is 0 Å². The molecule has 7 nitrogen and oxygen atoms in total. The van der Waals surface area contributed by atoms with Crippen molar-refractivity contribution in [3.05, 3.63) is 36.5 Å². The molecule has 0 rings (SSSR count). The highest BCUT2D eigenvalue weighted by atomic mass is 16.4. The number of hydrogen-bond donors (Lipinski definition) is 4. The van der Waals surface area contributed by atoms with E-state index in [4.69, 9.17) is 10.2 Å². The summed E-state index contributed by atoms with van der Waals surface area (Å²) in [6, 6.07) is -2.47. The quantitative estimate of drug-likeness (QED) is 0.198. The van der Waals surface area contributed by atoms with E-state index in [9.17, 15) is 19.5 Å². The van der Waals surface area contributed by atoms with E-state index in [-0.39, 0.29) is 6.42 Å². The first-order valence-electron chi connectivity index (χ1n) is 10.3. The summed E-state index contributed by atoms with van der Waals surface area (Å²) in [4.78, 5) is 33.0. The summed E-state index contributed by atoms with van der Waals surface area (Å²) in [5.74, 6) is -3.81. The van der Waals surface area contributed by atoms with E-state index in [1.807, 2.05) is 0 Å². The van der Waals surface area contributed by atoms with Crippen molar-refractivity contribution in [1.29, 1.82) is 0 Å². The Kier molecular flexibility index (Phi) is 16.2. The summed E-state index contributed by atoms with van der Waals surface area (Å²) < 4.78 is 0. The maximum atomic E-state index is 11.3. The molecular formula is C22H35NO6. The number of hydrogen-bond acceptors (Lipinski definition) is 4. The summed E-state index contributed by atoms with van der Waals surface area (Å²) in [5.41, 5.74) is 0. The Bertz CT molecular complexity index is 568. The van der Waals surface area contributed by atoms with Crippen LogP contribution < -0.4 is 5.32 Å². The van der Waals surface area contributed by atoms with Crippen LogP contribution in [0.25, 0.3) is 0 Å². The van der Waals surface area contributed by atoms with E-state index in [0.29, 0.717) is 6.42 Å². The van der Waals surface area contributed by atoms with E-state index in [1.54, 1.807) is 0 Å². The normalized spacial score (nSPS) is 14.0. The third-order valence-corrected chi connectivity index (χ3v) is 4.27. The number of aliphatic carboxylic acids is 3. The van der Waals surface area contributed by atoms with Gasteiger partial charge in [0.1, 0.15) is 12.1 Å². The minimum atomic E-state index is -1.41. The summed E-state index contributed by atoms with van der Waals surface area (Å²) >= 11 is 0. The van der Waals surface area contributed by atoms with Crippen LogP contribution in [-0.4, -0.2) is 45.3 Å². The lowest BCUT2D eigenvalue weighted by molar-refractivity contribution is -0.147. The molecule has 0 aromatic rings. The highest BCUT2D eigenvalue weighted by molar-refractivity contribution is 5.82. The number of unbranched alkanes of at least 4 members (excludes halogenated alkanes) is 4. The van der Waals surface area contributed by atoms with Crippen molar-refractivity contribution in [1.82, 2.24) is 5.32 Å². The average molecular weight is 410 g/mol. The standard InChI is InChI=1S/C22H35NO6/c1-2-3-4-5-6-7-8-9-10-11-12-13-14-15-16-18(21(26)27)23-19(22(28)29)17-20(24)25/h3-4,6-7,9-10,18-19,23H,2,5,8,11-17H2,1H3,(H,24,25)(H,26,27)(H,28,29)/t18?,19-/m0/s1. The van der Waals surface area contributed by atoms with Gasteiger partial charge in [0.2, 0.25) is 0 Å². The van der Waals surface area contributed by atoms with Crippen molar-refractivity contribution in [2.45, 2.75) is 83.2 Å². The monoisotopic (exact) mass is 409 g/mol. The van der Waals surface area contributed by atoms with Gasteiger partial charge in [-0.25, -0.2) is 0 Å². The molecule has 0 amide bonds. The second-order valence-corrected chi connectivity index (χ2v) is 6.83. The smallest absolute Gasteiger partial charge is 0.321 e. The Hall–Kier alpha value is -2.41. The predicted molar refractivity (Wildman–Crippen MR) is 113 cm³/mol. The van der Waals surface area contributed by atoms with Gasteiger partial charge in [0.05, 0.1) is 6.42 Å². The minimum absolute atomic E-state index is 0.270. The van der Waals surface area contributed by atoms with Crippen LogP contribution in [0.3, 0.4) is 0 Å². The SMILES string of the molecule is CCC=CCC=CCC=CCCCCCCC(N[C@@H](CC(=O)O)C(=O)O)C(=O)O. The minimum Gasteiger partial charge on any atom is -0.481 e. The van der Waals surface area contributed by atoms with Crippen LogP contribution in [0.1, 0.15) is 71.1 Å². The molecule has 1 unspecified atom stereocenters. The predicted octanol–water partition coefficient (Wildman–Crippen LogP) is 4.16. The van der Waals surface area contributed by atoms with Gasteiger partial charge in [-0.05, 0) is 38.5 Å². The van der Waals surface area contributed by atoms with Gasteiger partial charge in [-0.15, -0.1) is 0 Å². The number of allylic oxidation sites excluding steroid dienone is 6. The first kappa shape index (κ1) is 26.6. The Morgan fingerprint density at radius 2 is 1.31 bits per heavy atom. The first-order valence-corrected chi connectivity index (χ1v) is 10.3. The fourth-order valence-electron chi connectivity index (χ4n) is 2.70. The molecule has 0 bridgehead atoms. The fourth-order valence-corrected chi connectivity index (χ4v) is 2.70. The van der Waals surface area contributed by atoms with E-state index < -0.39 is 36.4 Å². The molecule has 0 aliphatic rings. The van der Waals surface area contributed by atoms with Gasteiger partial charge in [0.15, 0.2) is 0 Å². The Labute approximate surface area is 173 Å². The van der Waals surface area contributed by atoms with Gasteiger partial charge in [-0.3, -0.25) is 19.7 Å². The molecule has 0 fully saturated rings. The summed E-state index contributed by atoms with van der Waals surface area (Å²) in [6.45, 7) is 2.11. The van der Waals surface area contributed by atoms with Crippen LogP contribution in [0, 0.1) is 0 Å². The summed E-state index contributed by atoms with van der Waals surface area (Å²) in [6.07, 6.45) is 19.9. The van der Waals surface area contributed by atoms with Crippen LogP contribution in [-0.2, 0) is 14.4 Å². The van der Waals surface area contributed by atoms with Crippen molar-refractivity contribution in [3.8, 4) is 0 Å². The largest absolute Gasteiger partial charge is 0.481 e. The topological polar surface area (TPSA) is 124 Å². The molecular weight excluding hydrogens is 374 g/mol. The van der Waals surface area contributed by atoms with Crippen LogP contribution >= 0.6 is 0 Å². The van der Waals surface area contributed by atoms with Gasteiger partial charge >= 0.3 is 17.9 Å². The number of nitrogens with one attached hydrogen (secondary N) is 1. The number of carbonyl (C=O) groups is 3. The van der Waals surface area contributed by atoms with Crippen molar-refractivity contribution in [2.24, 2.45) is 0 Å². The van der Waals surface area contributed by atoms with Crippen LogP contribution in [0.2, 0.25) is 0 Å². The maximum absolute atomic E-state index is 11.3. The van der Waals surface area contributed by atoms with E-state index >= 15 is 0 Å². The molecule has 0 spiro atoms. The Morgan fingerprint density at radius 1 is 0.759 bits per heavy atom. The molecule has 0 radical (unpaired) electrons. The zero-order chi connectivity index (χ0) is 21.9. The fraction of sp³-hybridized carbons (Fsp3) is 0.591. The maximum Gasteiger partial charge on any atom is 0.321 e. The third kappa shape index (κ3) is 16.3. The van der Waals surface area contributed by atoms with Crippen molar-refractivity contribution in [3.63, 3.8) is 0 Å². The Morgan fingerprint density at radius 3 is 1.86 bits per heavy atom. The summed E-state index contributed by atoms with van der Waals surface area (Å²) in [7, 11) is 0. The zero-order valence-corrected chi connectivity index (χ0v) is 17.3. The second kappa shape index (κ2) is 17.7. The molecule has 4 N–H and O–H groups in total. The van der Waals surface area contributed by atoms with Crippen LogP contribution in [0.4, 0.5) is 0 Å². The lowest BCUT2D eigenvalue weighted by atomic mass is 10.0. The molecule has 2 atom stereocenters. The molecule has 0 aromatic carbocycles. The molecule has 0 saturated carbocycles. The van der Waals surface area contributed by atoms with Crippen LogP contribution in [0.5, 0.6) is 0 Å². The Balaban J connectivity index is 3.95. The average Bonchev–Trinajstić information content (AvgIpc) is 2.65. The number of carboxylic acids is 3. The van der Waals surface area contributed by atoms with E-state index in [0.717, 1.165) is 44.9 Å². The molecule has 0 aromatic heterocycles. The van der Waals surface area contributed by atoms with Crippen molar-refractivity contribution >= 4 is 17.9 Å². The molecule has 29 heavy (non-hydrogen) atoms. The first-order chi connectivity index (χ1) is 13.9. The van der Waals surface area contributed by atoms with Gasteiger partial charge < -0.3 is 15.3 Å². The molecule has 0 aliphatic carbocycles. The van der Waals surface area contributed by atoms with Gasteiger partial charge in [-0.2, -0.15) is 0 Å². The highest BCUT2D eigenvalue weighted by Gasteiger charge is 2.27. The van der Waals surface area contributed by atoms with Crippen molar-refractivity contribution in [2.75, 3.05) is 0 Å². The molecule has 164 valence electrons. The molecule has 0 saturated heterocycles. The lowest BCUT2D eigenvalue weighted by Gasteiger charge is -2.19. The third-order valence-electron chi connectivity index (χ3n) is 4.27. The molecule has 0 heterocycles. The summed E-state index contributed by atoms with van der Waals surface area (Å²) in [5, 5.41) is 29.4. The highest BCUT2D eigenvalue weighted by Crippen LogP contribution is 2.10. The van der Waals surface area contributed by atoms with Gasteiger partial charge in [-0.1, -0.05) is 62.6 Å².